The first-order valence-electron chi connectivity index (χ1n) is 7.92. The molecule has 1 aliphatic carbocycles. The van der Waals surface area contributed by atoms with Crippen molar-refractivity contribution in [2.24, 2.45) is 11.3 Å². The lowest BCUT2D eigenvalue weighted by Gasteiger charge is -2.27. The lowest BCUT2D eigenvalue weighted by Crippen LogP contribution is -2.38. The van der Waals surface area contributed by atoms with E-state index in [-0.39, 0.29) is 23.8 Å². The number of carbonyl (C=O) groups excluding carboxylic acids is 1. The zero-order valence-corrected chi connectivity index (χ0v) is 12.6. The largest absolute Gasteiger partial charge is 0.332 e. The molecule has 5 heteroatoms. The molecule has 1 aromatic carbocycles. The van der Waals surface area contributed by atoms with Crippen LogP contribution in [0.15, 0.2) is 30.3 Å². The van der Waals surface area contributed by atoms with Crippen LogP contribution in [0.3, 0.4) is 0 Å². The minimum absolute atomic E-state index is 0.0583. The van der Waals surface area contributed by atoms with Crippen LogP contribution in [0, 0.1) is 11.3 Å². The number of benzene rings is 1. The van der Waals surface area contributed by atoms with Gasteiger partial charge in [-0.15, -0.1) is 0 Å². The van der Waals surface area contributed by atoms with Crippen molar-refractivity contribution >= 4 is 5.91 Å². The van der Waals surface area contributed by atoms with E-state index in [1.54, 1.807) is 0 Å². The first kappa shape index (κ1) is 15.4. The van der Waals surface area contributed by atoms with Crippen LogP contribution in [-0.4, -0.2) is 36.9 Å². The SMILES string of the molecule is O=C(C1CC12CCNCC2)N(Cc1ccccc1)CC(F)F. The van der Waals surface area contributed by atoms with Gasteiger partial charge in [-0.1, -0.05) is 30.3 Å². The smallest absolute Gasteiger partial charge is 0.255 e. The average Bonchev–Trinajstić information content (AvgIpc) is 3.20. The van der Waals surface area contributed by atoms with Gasteiger partial charge in [0.05, 0.1) is 6.54 Å². The van der Waals surface area contributed by atoms with Crippen molar-refractivity contribution in [3.05, 3.63) is 35.9 Å². The zero-order chi connectivity index (χ0) is 15.6. The number of hydrogen-bond donors (Lipinski definition) is 1. The first-order valence-corrected chi connectivity index (χ1v) is 7.92. The van der Waals surface area contributed by atoms with Gasteiger partial charge in [0.25, 0.3) is 6.43 Å². The van der Waals surface area contributed by atoms with Crippen LogP contribution in [0.25, 0.3) is 0 Å². The molecule has 1 N–H and O–H groups in total. The molecular weight excluding hydrogens is 286 g/mol. The minimum Gasteiger partial charge on any atom is -0.332 e. The topological polar surface area (TPSA) is 32.3 Å². The van der Waals surface area contributed by atoms with E-state index in [2.05, 4.69) is 5.32 Å². The Morgan fingerprint density at radius 3 is 2.59 bits per heavy atom. The number of amides is 1. The van der Waals surface area contributed by atoms with Crippen molar-refractivity contribution in [3.8, 4) is 0 Å². The maximum Gasteiger partial charge on any atom is 0.255 e. The normalized spacial score (nSPS) is 22.8. The third kappa shape index (κ3) is 3.29. The summed E-state index contributed by atoms with van der Waals surface area (Å²) in [4.78, 5) is 14.0. The second-order valence-electron chi connectivity index (χ2n) is 6.46. The number of halogens is 2. The molecule has 1 saturated heterocycles. The van der Waals surface area contributed by atoms with Gasteiger partial charge in [-0.05, 0) is 43.3 Å². The molecule has 22 heavy (non-hydrogen) atoms. The van der Waals surface area contributed by atoms with Gasteiger partial charge in [0, 0.05) is 12.5 Å². The second kappa shape index (κ2) is 6.32. The third-order valence-electron chi connectivity index (χ3n) is 4.97. The Kier molecular flexibility index (Phi) is 4.43. The maximum absolute atomic E-state index is 12.9. The summed E-state index contributed by atoms with van der Waals surface area (Å²) < 4.78 is 25.7. The molecule has 1 aromatic rings. The van der Waals surface area contributed by atoms with Crippen molar-refractivity contribution in [1.82, 2.24) is 10.2 Å². The highest BCUT2D eigenvalue weighted by atomic mass is 19.3. The van der Waals surface area contributed by atoms with Crippen LogP contribution >= 0.6 is 0 Å². The molecule has 1 unspecified atom stereocenters. The van der Waals surface area contributed by atoms with E-state index >= 15 is 0 Å². The van der Waals surface area contributed by atoms with Crippen LogP contribution in [0.5, 0.6) is 0 Å². The Labute approximate surface area is 129 Å². The van der Waals surface area contributed by atoms with Crippen LogP contribution in [0.2, 0.25) is 0 Å². The fourth-order valence-corrected chi connectivity index (χ4v) is 3.60. The fourth-order valence-electron chi connectivity index (χ4n) is 3.60. The Morgan fingerprint density at radius 2 is 1.95 bits per heavy atom. The first-order chi connectivity index (χ1) is 10.6. The van der Waals surface area contributed by atoms with Crippen LogP contribution in [0.4, 0.5) is 8.78 Å². The summed E-state index contributed by atoms with van der Waals surface area (Å²) in [5, 5.41) is 3.30. The van der Waals surface area contributed by atoms with Gasteiger partial charge < -0.3 is 10.2 Å². The molecule has 1 heterocycles. The molecule has 1 amide bonds. The molecule has 1 aliphatic heterocycles. The van der Waals surface area contributed by atoms with Gasteiger partial charge in [-0.3, -0.25) is 4.79 Å². The molecular formula is C17H22F2N2O. The molecule has 120 valence electrons. The standard InChI is InChI=1S/C17H22F2N2O/c18-15(19)12-21(11-13-4-2-1-3-5-13)16(22)14-10-17(14)6-8-20-9-7-17/h1-5,14-15,20H,6-12H2. The fraction of sp³-hybridized carbons (Fsp3) is 0.588. The summed E-state index contributed by atoms with van der Waals surface area (Å²) in [5.41, 5.74) is 0.982. The van der Waals surface area contributed by atoms with Gasteiger partial charge in [-0.2, -0.15) is 0 Å². The number of alkyl halides is 2. The van der Waals surface area contributed by atoms with E-state index in [4.69, 9.17) is 0 Å². The van der Waals surface area contributed by atoms with Gasteiger partial charge in [0.15, 0.2) is 0 Å². The highest BCUT2D eigenvalue weighted by Gasteiger charge is 2.58. The Bertz CT molecular complexity index is 515. The molecule has 1 saturated carbocycles. The predicted molar refractivity (Wildman–Crippen MR) is 80.5 cm³/mol. The van der Waals surface area contributed by atoms with Gasteiger partial charge in [-0.25, -0.2) is 8.78 Å². The third-order valence-corrected chi connectivity index (χ3v) is 4.97. The summed E-state index contributed by atoms with van der Waals surface area (Å²) >= 11 is 0. The molecule has 1 atom stereocenters. The van der Waals surface area contributed by atoms with Crippen molar-refractivity contribution < 1.29 is 13.6 Å². The molecule has 0 aromatic heterocycles. The number of hydrogen-bond acceptors (Lipinski definition) is 2. The van der Waals surface area contributed by atoms with E-state index in [0.717, 1.165) is 37.9 Å². The molecule has 3 nitrogen and oxygen atoms in total. The number of nitrogens with zero attached hydrogens (tertiary/aromatic N) is 1. The summed E-state index contributed by atoms with van der Waals surface area (Å²) in [7, 11) is 0. The molecule has 0 radical (unpaired) electrons. The predicted octanol–water partition coefficient (Wildman–Crippen LogP) is 2.67. The summed E-state index contributed by atoms with van der Waals surface area (Å²) in [6, 6.07) is 9.36. The van der Waals surface area contributed by atoms with Gasteiger partial charge in [0.1, 0.15) is 0 Å². The molecule has 3 rings (SSSR count). The Balaban J connectivity index is 1.68. The lowest BCUT2D eigenvalue weighted by molar-refractivity contribution is -0.136. The van der Waals surface area contributed by atoms with E-state index in [1.807, 2.05) is 30.3 Å². The van der Waals surface area contributed by atoms with Crippen LogP contribution in [-0.2, 0) is 11.3 Å². The number of nitrogens with one attached hydrogen (secondary N) is 1. The van der Waals surface area contributed by atoms with Crippen molar-refractivity contribution in [2.45, 2.75) is 32.2 Å². The lowest BCUT2D eigenvalue weighted by atomic mass is 9.91. The number of piperidine rings is 1. The van der Waals surface area contributed by atoms with Crippen molar-refractivity contribution in [3.63, 3.8) is 0 Å². The quantitative estimate of drug-likeness (QED) is 0.907. The van der Waals surface area contributed by atoms with E-state index in [9.17, 15) is 13.6 Å². The highest BCUT2D eigenvalue weighted by Crippen LogP contribution is 2.59. The van der Waals surface area contributed by atoms with Crippen LogP contribution in [0.1, 0.15) is 24.8 Å². The van der Waals surface area contributed by atoms with E-state index < -0.39 is 13.0 Å². The number of rotatable bonds is 5. The summed E-state index contributed by atoms with van der Waals surface area (Å²) in [5.74, 6) is -0.150. The Morgan fingerprint density at radius 1 is 1.27 bits per heavy atom. The zero-order valence-electron chi connectivity index (χ0n) is 12.6. The monoisotopic (exact) mass is 308 g/mol. The van der Waals surface area contributed by atoms with Gasteiger partial charge in [0.2, 0.25) is 5.91 Å². The highest BCUT2D eigenvalue weighted by molar-refractivity contribution is 5.82. The summed E-state index contributed by atoms with van der Waals surface area (Å²) in [6.07, 6.45) is 0.340. The maximum atomic E-state index is 12.9. The molecule has 2 aliphatic rings. The van der Waals surface area contributed by atoms with Crippen LogP contribution < -0.4 is 5.32 Å². The van der Waals surface area contributed by atoms with Crippen molar-refractivity contribution in [1.29, 1.82) is 0 Å². The molecule has 0 bridgehead atoms. The number of carbonyl (C=O) groups is 1. The molecule has 1 spiro atoms. The minimum atomic E-state index is -2.49. The van der Waals surface area contributed by atoms with Crippen molar-refractivity contribution in [2.75, 3.05) is 19.6 Å². The summed E-state index contributed by atoms with van der Waals surface area (Å²) in [6.45, 7) is 1.65. The Hall–Kier alpha value is -1.49. The van der Waals surface area contributed by atoms with E-state index in [1.165, 1.54) is 4.90 Å². The van der Waals surface area contributed by atoms with Gasteiger partial charge >= 0.3 is 0 Å². The van der Waals surface area contributed by atoms with E-state index in [0.29, 0.717) is 0 Å². The second-order valence-corrected chi connectivity index (χ2v) is 6.46. The average molecular weight is 308 g/mol. The molecule has 2 fully saturated rings.